The number of carbonyl (C=O) groups excluding carboxylic acids is 2. The zero-order valence-corrected chi connectivity index (χ0v) is 15.6. The van der Waals surface area contributed by atoms with E-state index in [-0.39, 0.29) is 11.6 Å². The number of hydrogen-bond donors (Lipinski definition) is 0. The van der Waals surface area contributed by atoms with Crippen molar-refractivity contribution in [3.05, 3.63) is 11.6 Å². The van der Waals surface area contributed by atoms with Crippen molar-refractivity contribution in [2.75, 3.05) is 0 Å². The SMILES string of the molecule is CC(C)=CCCC(C)CC(=O)C(=O)CC(C)CCCC(C)C. The maximum absolute atomic E-state index is 12.0. The van der Waals surface area contributed by atoms with E-state index in [1.165, 1.54) is 12.0 Å². The summed E-state index contributed by atoms with van der Waals surface area (Å²) in [6.07, 6.45) is 8.41. The molecule has 0 saturated carbocycles. The number of carbonyl (C=O) groups is 2. The molecule has 0 aliphatic carbocycles. The highest BCUT2D eigenvalue weighted by Crippen LogP contribution is 2.18. The van der Waals surface area contributed by atoms with Crippen molar-refractivity contribution >= 4 is 11.6 Å². The number of rotatable bonds is 12. The Bertz CT molecular complexity index is 362. The Morgan fingerprint density at radius 3 is 1.77 bits per heavy atom. The van der Waals surface area contributed by atoms with Gasteiger partial charge in [-0.2, -0.15) is 0 Å². The van der Waals surface area contributed by atoms with Gasteiger partial charge in [0.25, 0.3) is 0 Å². The van der Waals surface area contributed by atoms with Gasteiger partial charge in [-0.05, 0) is 44.4 Å². The lowest BCUT2D eigenvalue weighted by molar-refractivity contribution is -0.137. The fourth-order valence-corrected chi connectivity index (χ4v) is 2.60. The molecule has 0 aliphatic heterocycles. The maximum Gasteiger partial charge on any atom is 0.198 e. The van der Waals surface area contributed by atoms with Gasteiger partial charge in [0.1, 0.15) is 0 Å². The maximum atomic E-state index is 12.0. The smallest absolute Gasteiger partial charge is 0.198 e. The van der Waals surface area contributed by atoms with Gasteiger partial charge in [-0.25, -0.2) is 0 Å². The molecule has 0 bridgehead atoms. The third kappa shape index (κ3) is 11.7. The first kappa shape index (κ1) is 21.1. The minimum atomic E-state index is -0.166. The Hall–Kier alpha value is -0.920. The van der Waals surface area contributed by atoms with Crippen LogP contribution in [0.4, 0.5) is 0 Å². The second-order valence-electron chi connectivity index (χ2n) is 7.65. The van der Waals surface area contributed by atoms with E-state index in [0.29, 0.717) is 30.6 Å². The predicted octanol–water partition coefficient (Wildman–Crippen LogP) is 5.75. The van der Waals surface area contributed by atoms with Crippen LogP contribution < -0.4 is 0 Å². The molecule has 2 unspecified atom stereocenters. The fourth-order valence-electron chi connectivity index (χ4n) is 2.60. The lowest BCUT2D eigenvalue weighted by atomic mass is 9.91. The van der Waals surface area contributed by atoms with Crippen LogP contribution in [0, 0.1) is 17.8 Å². The molecule has 2 heteroatoms. The number of hydrogen-bond acceptors (Lipinski definition) is 2. The summed E-state index contributed by atoms with van der Waals surface area (Å²) in [6, 6.07) is 0. The first-order chi connectivity index (χ1) is 10.2. The van der Waals surface area contributed by atoms with Crippen LogP contribution in [0.25, 0.3) is 0 Å². The van der Waals surface area contributed by atoms with Crippen molar-refractivity contribution < 1.29 is 9.59 Å². The number of allylic oxidation sites excluding steroid dienone is 2. The molecule has 2 nitrogen and oxygen atoms in total. The van der Waals surface area contributed by atoms with E-state index in [0.717, 1.165) is 25.7 Å². The molecule has 0 N–H and O–H groups in total. The second-order valence-corrected chi connectivity index (χ2v) is 7.65. The van der Waals surface area contributed by atoms with Crippen molar-refractivity contribution in [3.63, 3.8) is 0 Å². The van der Waals surface area contributed by atoms with Crippen LogP contribution in [0.1, 0.15) is 86.5 Å². The molecule has 0 fully saturated rings. The Labute approximate surface area is 137 Å². The highest BCUT2D eigenvalue weighted by Gasteiger charge is 2.19. The first-order valence-electron chi connectivity index (χ1n) is 8.91. The molecule has 0 heterocycles. The van der Waals surface area contributed by atoms with Gasteiger partial charge in [-0.1, -0.05) is 58.6 Å². The minimum Gasteiger partial charge on any atom is -0.291 e. The van der Waals surface area contributed by atoms with Gasteiger partial charge in [-0.3, -0.25) is 9.59 Å². The zero-order chi connectivity index (χ0) is 17.1. The van der Waals surface area contributed by atoms with E-state index >= 15 is 0 Å². The summed E-state index contributed by atoms with van der Waals surface area (Å²) < 4.78 is 0. The Morgan fingerprint density at radius 1 is 0.818 bits per heavy atom. The first-order valence-corrected chi connectivity index (χ1v) is 8.91. The lowest BCUT2D eigenvalue weighted by Gasteiger charge is -2.12. The van der Waals surface area contributed by atoms with Gasteiger partial charge in [0.15, 0.2) is 11.6 Å². The molecule has 0 aliphatic rings. The van der Waals surface area contributed by atoms with E-state index in [2.05, 4.69) is 47.6 Å². The van der Waals surface area contributed by atoms with E-state index in [1.54, 1.807) is 0 Å². The molecule has 128 valence electrons. The summed E-state index contributed by atoms with van der Waals surface area (Å²) in [5.74, 6) is 1.01. The van der Waals surface area contributed by atoms with Crippen molar-refractivity contribution in [3.8, 4) is 0 Å². The third-order valence-electron chi connectivity index (χ3n) is 4.07. The molecule has 0 rings (SSSR count). The Balaban J connectivity index is 3.99. The second kappa shape index (κ2) is 11.6. The van der Waals surface area contributed by atoms with Gasteiger partial charge in [0, 0.05) is 12.8 Å². The Kier molecular flexibility index (Phi) is 11.1. The van der Waals surface area contributed by atoms with Crippen molar-refractivity contribution in [1.29, 1.82) is 0 Å². The molecule has 0 saturated heterocycles. The van der Waals surface area contributed by atoms with Crippen LogP contribution in [0.5, 0.6) is 0 Å². The van der Waals surface area contributed by atoms with Crippen LogP contribution >= 0.6 is 0 Å². The lowest BCUT2D eigenvalue weighted by Crippen LogP contribution is -2.19. The molecular formula is C20H36O2. The summed E-state index contributed by atoms with van der Waals surface area (Å²) in [6.45, 7) is 12.8. The summed E-state index contributed by atoms with van der Waals surface area (Å²) in [7, 11) is 0. The molecule has 0 aromatic carbocycles. The van der Waals surface area contributed by atoms with E-state index in [9.17, 15) is 9.59 Å². The highest BCUT2D eigenvalue weighted by molar-refractivity contribution is 6.37. The molecule has 0 radical (unpaired) electrons. The quantitative estimate of drug-likeness (QED) is 0.340. The zero-order valence-electron chi connectivity index (χ0n) is 15.6. The third-order valence-corrected chi connectivity index (χ3v) is 4.07. The molecule has 0 aromatic rings. The van der Waals surface area contributed by atoms with Crippen LogP contribution in [0.15, 0.2) is 11.6 Å². The normalized spacial score (nSPS) is 13.8. The van der Waals surface area contributed by atoms with Gasteiger partial charge in [0.2, 0.25) is 0 Å². The standard InChI is InChI=1S/C20H36O2/c1-15(2)9-7-11-17(5)13-19(21)20(22)14-18(6)12-8-10-16(3)4/h9,16-18H,7-8,10-14H2,1-6H3. The van der Waals surface area contributed by atoms with Crippen LogP contribution in [-0.2, 0) is 9.59 Å². The molecule has 0 spiro atoms. The summed E-state index contributed by atoms with van der Waals surface area (Å²) in [5, 5.41) is 0. The minimum absolute atomic E-state index is 0.161. The van der Waals surface area contributed by atoms with Crippen LogP contribution in [0.3, 0.4) is 0 Å². The van der Waals surface area contributed by atoms with E-state index in [4.69, 9.17) is 0 Å². The van der Waals surface area contributed by atoms with Crippen LogP contribution in [0.2, 0.25) is 0 Å². The highest BCUT2D eigenvalue weighted by atomic mass is 16.2. The summed E-state index contributed by atoms with van der Waals surface area (Å²) in [4.78, 5) is 24.0. The summed E-state index contributed by atoms with van der Waals surface area (Å²) >= 11 is 0. The molecule has 0 amide bonds. The van der Waals surface area contributed by atoms with Crippen molar-refractivity contribution in [2.24, 2.45) is 17.8 Å². The van der Waals surface area contributed by atoms with E-state index in [1.807, 2.05) is 0 Å². The molecular weight excluding hydrogens is 272 g/mol. The number of ketones is 2. The predicted molar refractivity (Wildman–Crippen MR) is 94.9 cm³/mol. The van der Waals surface area contributed by atoms with Gasteiger partial charge in [0.05, 0.1) is 0 Å². The Morgan fingerprint density at radius 2 is 1.32 bits per heavy atom. The average molecular weight is 309 g/mol. The van der Waals surface area contributed by atoms with Crippen molar-refractivity contribution in [2.45, 2.75) is 86.5 Å². The fraction of sp³-hybridized carbons (Fsp3) is 0.800. The number of Topliss-reactive ketones (excluding diaryl/α,β-unsaturated/α-hetero) is 2. The van der Waals surface area contributed by atoms with Gasteiger partial charge < -0.3 is 0 Å². The largest absolute Gasteiger partial charge is 0.291 e. The van der Waals surface area contributed by atoms with Crippen molar-refractivity contribution in [1.82, 2.24) is 0 Å². The molecule has 22 heavy (non-hydrogen) atoms. The average Bonchev–Trinajstić information content (AvgIpc) is 2.37. The summed E-state index contributed by atoms with van der Waals surface area (Å²) in [5.41, 5.74) is 1.31. The molecule has 0 aromatic heterocycles. The van der Waals surface area contributed by atoms with Crippen LogP contribution in [-0.4, -0.2) is 11.6 Å². The topological polar surface area (TPSA) is 34.1 Å². The van der Waals surface area contributed by atoms with Gasteiger partial charge >= 0.3 is 0 Å². The monoisotopic (exact) mass is 308 g/mol. The molecule has 2 atom stereocenters. The van der Waals surface area contributed by atoms with E-state index < -0.39 is 0 Å². The van der Waals surface area contributed by atoms with Gasteiger partial charge in [-0.15, -0.1) is 0 Å².